The molecule has 1 unspecified atom stereocenters. The zero-order chi connectivity index (χ0) is 16.0. The van der Waals surface area contributed by atoms with Gasteiger partial charge in [-0.3, -0.25) is 9.59 Å². The first-order chi connectivity index (χ1) is 9.69. The number of esters is 1. The molecule has 1 rings (SSSR count). The second kappa shape index (κ2) is 7.54. The van der Waals surface area contributed by atoms with Crippen molar-refractivity contribution in [1.29, 1.82) is 0 Å². The summed E-state index contributed by atoms with van der Waals surface area (Å²) >= 11 is 1.32. The van der Waals surface area contributed by atoms with Gasteiger partial charge in [-0.2, -0.15) is 0 Å². The molecular weight excluding hydrogens is 288 g/mol. The summed E-state index contributed by atoms with van der Waals surface area (Å²) in [5.74, 6) is -0.0535. The van der Waals surface area contributed by atoms with Crippen LogP contribution >= 0.6 is 11.3 Å². The van der Waals surface area contributed by atoms with E-state index in [0.29, 0.717) is 23.2 Å². The Balaban J connectivity index is 2.46. The minimum absolute atomic E-state index is 0.0364. The van der Waals surface area contributed by atoms with Crippen LogP contribution in [0.25, 0.3) is 0 Å². The molecule has 1 atom stereocenters. The molecule has 1 N–H and O–H groups in total. The van der Waals surface area contributed by atoms with Crippen LogP contribution in [0.3, 0.4) is 0 Å². The lowest BCUT2D eigenvalue weighted by molar-refractivity contribution is -0.139. The number of aromatic nitrogens is 1. The second-order valence-corrected chi connectivity index (χ2v) is 7.38. The molecule has 21 heavy (non-hydrogen) atoms. The Morgan fingerprint density at radius 2 is 2.10 bits per heavy atom. The molecule has 0 bridgehead atoms. The summed E-state index contributed by atoms with van der Waals surface area (Å²) in [6.07, 6.45) is 1.60. The van der Waals surface area contributed by atoms with Crippen molar-refractivity contribution in [3.05, 3.63) is 11.1 Å². The van der Waals surface area contributed by atoms with Crippen molar-refractivity contribution in [3.63, 3.8) is 0 Å². The molecule has 0 spiro atoms. The largest absolute Gasteiger partial charge is 0.469 e. The number of carbonyl (C=O) groups is 2. The van der Waals surface area contributed by atoms with E-state index in [2.05, 4.69) is 42.7 Å². The number of thiazole rings is 1. The molecular formula is C15H24N2O3S. The van der Waals surface area contributed by atoms with Crippen LogP contribution in [0.15, 0.2) is 5.38 Å². The quantitative estimate of drug-likeness (QED) is 0.819. The molecule has 0 fully saturated rings. The number of hydrogen-bond donors (Lipinski definition) is 1. The summed E-state index contributed by atoms with van der Waals surface area (Å²) in [4.78, 5) is 27.3. The van der Waals surface area contributed by atoms with Crippen LogP contribution in [0.2, 0.25) is 0 Å². The fourth-order valence-corrected chi connectivity index (χ4v) is 3.00. The number of nitrogens with zero attached hydrogens (tertiary/aromatic N) is 1. The molecule has 0 saturated carbocycles. The molecule has 1 amide bonds. The van der Waals surface area contributed by atoms with Crippen molar-refractivity contribution in [2.75, 3.05) is 12.4 Å². The SMILES string of the molecule is COC(=O)Cc1csc(NC(=O)CC(C)CC(C)(C)C)n1. The Kier molecular flexibility index (Phi) is 6.33. The highest BCUT2D eigenvalue weighted by atomic mass is 32.1. The van der Waals surface area contributed by atoms with E-state index >= 15 is 0 Å². The van der Waals surface area contributed by atoms with Gasteiger partial charge >= 0.3 is 5.97 Å². The molecule has 0 aliphatic heterocycles. The van der Waals surface area contributed by atoms with Crippen LogP contribution in [0, 0.1) is 11.3 Å². The standard InChI is InChI=1S/C15H24N2O3S/c1-10(8-15(2,3)4)6-12(18)17-14-16-11(9-21-14)7-13(19)20-5/h9-10H,6-8H2,1-5H3,(H,16,17,18). The topological polar surface area (TPSA) is 68.3 Å². The Hall–Kier alpha value is -1.43. The van der Waals surface area contributed by atoms with E-state index in [1.54, 1.807) is 5.38 Å². The van der Waals surface area contributed by atoms with Gasteiger partial charge in [-0.15, -0.1) is 11.3 Å². The summed E-state index contributed by atoms with van der Waals surface area (Å²) in [6, 6.07) is 0. The average molecular weight is 312 g/mol. The lowest BCUT2D eigenvalue weighted by Gasteiger charge is -2.22. The van der Waals surface area contributed by atoms with Crippen LogP contribution in [-0.4, -0.2) is 24.0 Å². The fourth-order valence-electron chi connectivity index (χ4n) is 2.27. The predicted molar refractivity (Wildman–Crippen MR) is 84.3 cm³/mol. The third-order valence-electron chi connectivity index (χ3n) is 2.85. The molecule has 0 aliphatic rings. The Labute approximate surface area is 130 Å². The van der Waals surface area contributed by atoms with Gasteiger partial charge in [-0.25, -0.2) is 4.98 Å². The monoisotopic (exact) mass is 312 g/mol. The van der Waals surface area contributed by atoms with Gasteiger partial charge in [-0.1, -0.05) is 27.7 Å². The van der Waals surface area contributed by atoms with Gasteiger partial charge < -0.3 is 10.1 Å². The van der Waals surface area contributed by atoms with Crippen LogP contribution in [0.5, 0.6) is 0 Å². The van der Waals surface area contributed by atoms with E-state index in [-0.39, 0.29) is 23.7 Å². The van der Waals surface area contributed by atoms with E-state index in [1.165, 1.54) is 18.4 Å². The van der Waals surface area contributed by atoms with E-state index in [4.69, 9.17) is 0 Å². The van der Waals surface area contributed by atoms with Crippen LogP contribution in [0.4, 0.5) is 5.13 Å². The summed E-state index contributed by atoms with van der Waals surface area (Å²) in [7, 11) is 1.34. The molecule has 5 nitrogen and oxygen atoms in total. The van der Waals surface area contributed by atoms with Crippen LogP contribution in [0.1, 0.15) is 46.2 Å². The molecule has 0 saturated heterocycles. The molecule has 0 aliphatic carbocycles. The first-order valence-corrected chi connectivity index (χ1v) is 7.88. The zero-order valence-corrected chi connectivity index (χ0v) is 14.2. The number of hydrogen-bond acceptors (Lipinski definition) is 5. The maximum absolute atomic E-state index is 12.0. The molecule has 0 aromatic carbocycles. The fraction of sp³-hybridized carbons (Fsp3) is 0.667. The molecule has 0 radical (unpaired) electrons. The maximum atomic E-state index is 12.0. The van der Waals surface area contributed by atoms with Crippen molar-refractivity contribution < 1.29 is 14.3 Å². The second-order valence-electron chi connectivity index (χ2n) is 6.52. The van der Waals surface area contributed by atoms with E-state index in [0.717, 1.165) is 6.42 Å². The predicted octanol–water partition coefficient (Wildman–Crippen LogP) is 3.26. The van der Waals surface area contributed by atoms with Gasteiger partial charge in [0.15, 0.2) is 5.13 Å². The Morgan fingerprint density at radius 1 is 1.43 bits per heavy atom. The first-order valence-electron chi connectivity index (χ1n) is 7.00. The van der Waals surface area contributed by atoms with E-state index in [1.807, 2.05) is 0 Å². The van der Waals surface area contributed by atoms with Gasteiger partial charge in [0, 0.05) is 11.8 Å². The van der Waals surface area contributed by atoms with Crippen molar-refractivity contribution in [2.45, 2.75) is 47.0 Å². The number of ether oxygens (including phenoxy) is 1. The Bertz CT molecular complexity index is 491. The van der Waals surface area contributed by atoms with Crippen LogP contribution in [-0.2, 0) is 20.7 Å². The lowest BCUT2D eigenvalue weighted by atomic mass is 9.84. The summed E-state index contributed by atoms with van der Waals surface area (Å²) in [6.45, 7) is 8.58. The van der Waals surface area contributed by atoms with Crippen molar-refractivity contribution in [3.8, 4) is 0 Å². The van der Waals surface area contributed by atoms with E-state index in [9.17, 15) is 9.59 Å². The smallest absolute Gasteiger partial charge is 0.311 e. The minimum atomic E-state index is -0.336. The van der Waals surface area contributed by atoms with Gasteiger partial charge in [-0.05, 0) is 17.8 Å². The summed E-state index contributed by atoms with van der Waals surface area (Å²) in [5, 5.41) is 5.07. The van der Waals surface area contributed by atoms with Crippen molar-refractivity contribution >= 4 is 28.3 Å². The number of anilines is 1. The molecule has 1 aromatic rings. The minimum Gasteiger partial charge on any atom is -0.469 e. The highest BCUT2D eigenvalue weighted by molar-refractivity contribution is 7.13. The van der Waals surface area contributed by atoms with Gasteiger partial charge in [0.2, 0.25) is 5.91 Å². The zero-order valence-electron chi connectivity index (χ0n) is 13.4. The average Bonchev–Trinajstić information content (AvgIpc) is 2.73. The number of nitrogens with one attached hydrogen (secondary N) is 1. The van der Waals surface area contributed by atoms with Crippen molar-refractivity contribution in [1.82, 2.24) is 4.98 Å². The van der Waals surface area contributed by atoms with Crippen molar-refractivity contribution in [2.24, 2.45) is 11.3 Å². The summed E-state index contributed by atoms with van der Waals surface area (Å²) in [5.41, 5.74) is 0.832. The van der Waals surface area contributed by atoms with Gasteiger partial charge in [0.25, 0.3) is 0 Å². The summed E-state index contributed by atoms with van der Waals surface area (Å²) < 4.78 is 4.58. The van der Waals surface area contributed by atoms with E-state index < -0.39 is 0 Å². The normalized spacial score (nSPS) is 12.8. The third kappa shape index (κ3) is 7.22. The number of rotatable bonds is 6. The molecule has 6 heteroatoms. The highest BCUT2D eigenvalue weighted by Crippen LogP contribution is 2.26. The highest BCUT2D eigenvalue weighted by Gasteiger charge is 2.18. The van der Waals surface area contributed by atoms with Gasteiger partial charge in [0.05, 0.1) is 19.2 Å². The molecule has 1 aromatic heterocycles. The first kappa shape index (κ1) is 17.6. The Morgan fingerprint density at radius 3 is 2.67 bits per heavy atom. The molecule has 118 valence electrons. The third-order valence-corrected chi connectivity index (χ3v) is 3.65. The number of carbonyl (C=O) groups excluding carboxylic acids is 2. The number of amides is 1. The number of methoxy groups -OCH3 is 1. The lowest BCUT2D eigenvalue weighted by Crippen LogP contribution is -2.18. The van der Waals surface area contributed by atoms with Gasteiger partial charge in [0.1, 0.15) is 0 Å². The maximum Gasteiger partial charge on any atom is 0.311 e. The molecule has 1 heterocycles. The van der Waals surface area contributed by atoms with Crippen LogP contribution < -0.4 is 5.32 Å².